The van der Waals surface area contributed by atoms with Crippen LogP contribution in [0.1, 0.15) is 27.8 Å². The van der Waals surface area contributed by atoms with Gasteiger partial charge in [-0.15, -0.1) is 5.10 Å². The standard InChI is InChI=1S/C14H14N6O4/c1-7-4-8(2)20-14(15-7)17-12(18-20)13(22)23-6-11(21)16-10-5-9(3)24-19-10/h4-5H,6H2,1-3H3,(H,16,19,21). The zero-order chi connectivity index (χ0) is 17.3. The normalized spacial score (nSPS) is 10.8. The van der Waals surface area contributed by atoms with E-state index in [0.717, 1.165) is 11.4 Å². The van der Waals surface area contributed by atoms with Crippen molar-refractivity contribution >= 4 is 23.5 Å². The van der Waals surface area contributed by atoms with Crippen molar-refractivity contribution in [3.8, 4) is 0 Å². The van der Waals surface area contributed by atoms with Crippen LogP contribution in [0.4, 0.5) is 5.82 Å². The molecular weight excluding hydrogens is 316 g/mol. The van der Waals surface area contributed by atoms with Crippen LogP contribution in [-0.4, -0.2) is 43.2 Å². The first-order chi connectivity index (χ1) is 11.4. The molecule has 10 heteroatoms. The maximum Gasteiger partial charge on any atom is 0.378 e. The highest BCUT2D eigenvalue weighted by molar-refractivity contribution is 5.93. The van der Waals surface area contributed by atoms with E-state index in [1.165, 1.54) is 4.52 Å². The Morgan fingerprint density at radius 2 is 2.04 bits per heavy atom. The molecule has 10 nitrogen and oxygen atoms in total. The number of carbonyl (C=O) groups is 2. The van der Waals surface area contributed by atoms with Crippen LogP contribution in [-0.2, 0) is 9.53 Å². The molecule has 0 fully saturated rings. The number of hydrogen-bond acceptors (Lipinski definition) is 8. The summed E-state index contributed by atoms with van der Waals surface area (Å²) in [5.74, 6) is -0.443. The van der Waals surface area contributed by atoms with Crippen molar-refractivity contribution in [3.63, 3.8) is 0 Å². The summed E-state index contributed by atoms with van der Waals surface area (Å²) in [5.41, 5.74) is 1.54. The van der Waals surface area contributed by atoms with Crippen molar-refractivity contribution in [2.24, 2.45) is 0 Å². The molecule has 3 rings (SSSR count). The number of fused-ring (bicyclic) bond motifs is 1. The molecular formula is C14H14N6O4. The monoisotopic (exact) mass is 330 g/mol. The summed E-state index contributed by atoms with van der Waals surface area (Å²) in [6, 6.07) is 3.35. The molecule has 3 aromatic rings. The van der Waals surface area contributed by atoms with Crippen molar-refractivity contribution in [2.45, 2.75) is 20.8 Å². The topological polar surface area (TPSA) is 125 Å². The summed E-state index contributed by atoms with van der Waals surface area (Å²) in [6.45, 7) is 4.83. The molecule has 3 aromatic heterocycles. The van der Waals surface area contributed by atoms with E-state index in [4.69, 9.17) is 9.26 Å². The molecule has 1 amide bonds. The van der Waals surface area contributed by atoms with Crippen molar-refractivity contribution in [1.29, 1.82) is 0 Å². The fraction of sp³-hybridized carbons (Fsp3) is 0.286. The summed E-state index contributed by atoms with van der Waals surface area (Å²) in [7, 11) is 0. The molecule has 0 saturated carbocycles. The van der Waals surface area contributed by atoms with Gasteiger partial charge in [0.15, 0.2) is 12.4 Å². The van der Waals surface area contributed by atoms with Gasteiger partial charge in [0.25, 0.3) is 17.5 Å². The molecule has 0 spiro atoms. The van der Waals surface area contributed by atoms with Crippen LogP contribution in [0.3, 0.4) is 0 Å². The Kier molecular flexibility index (Phi) is 3.94. The van der Waals surface area contributed by atoms with Gasteiger partial charge < -0.3 is 14.6 Å². The van der Waals surface area contributed by atoms with Crippen LogP contribution < -0.4 is 5.32 Å². The van der Waals surface area contributed by atoms with Crippen molar-refractivity contribution < 1.29 is 18.8 Å². The molecule has 1 N–H and O–H groups in total. The largest absolute Gasteiger partial charge is 0.450 e. The Morgan fingerprint density at radius 1 is 1.25 bits per heavy atom. The molecule has 24 heavy (non-hydrogen) atoms. The van der Waals surface area contributed by atoms with Crippen LogP contribution in [0, 0.1) is 20.8 Å². The van der Waals surface area contributed by atoms with Gasteiger partial charge in [-0.3, -0.25) is 4.79 Å². The third-order valence-electron chi connectivity index (χ3n) is 3.03. The van der Waals surface area contributed by atoms with Crippen molar-refractivity contribution in [1.82, 2.24) is 24.7 Å². The average Bonchev–Trinajstić information content (AvgIpc) is 3.11. The van der Waals surface area contributed by atoms with Gasteiger partial charge in [-0.1, -0.05) is 5.16 Å². The van der Waals surface area contributed by atoms with Crippen molar-refractivity contribution in [3.05, 3.63) is 35.1 Å². The minimum atomic E-state index is -0.816. The predicted octanol–water partition coefficient (Wildman–Crippen LogP) is 0.833. The number of carbonyl (C=O) groups excluding carboxylic acids is 2. The number of hydrogen-bond donors (Lipinski definition) is 1. The van der Waals surface area contributed by atoms with Crippen LogP contribution in [0.15, 0.2) is 16.7 Å². The highest BCUT2D eigenvalue weighted by atomic mass is 16.5. The molecule has 0 aliphatic heterocycles. The Balaban J connectivity index is 1.64. The molecule has 0 bridgehead atoms. The van der Waals surface area contributed by atoms with E-state index in [1.807, 2.05) is 19.9 Å². The van der Waals surface area contributed by atoms with Gasteiger partial charge in [0.05, 0.1) is 0 Å². The van der Waals surface area contributed by atoms with Crippen LogP contribution in [0.2, 0.25) is 0 Å². The van der Waals surface area contributed by atoms with E-state index in [9.17, 15) is 9.59 Å². The highest BCUT2D eigenvalue weighted by Gasteiger charge is 2.18. The first-order valence-electron chi connectivity index (χ1n) is 7.03. The second-order valence-corrected chi connectivity index (χ2v) is 5.13. The average molecular weight is 330 g/mol. The third kappa shape index (κ3) is 3.21. The zero-order valence-electron chi connectivity index (χ0n) is 13.2. The van der Waals surface area contributed by atoms with Gasteiger partial charge >= 0.3 is 5.97 Å². The highest BCUT2D eigenvalue weighted by Crippen LogP contribution is 2.08. The number of ether oxygens (including phenoxy) is 1. The molecule has 3 heterocycles. The smallest absolute Gasteiger partial charge is 0.378 e. The Morgan fingerprint density at radius 3 is 2.75 bits per heavy atom. The van der Waals surface area contributed by atoms with Gasteiger partial charge in [0.1, 0.15) is 5.76 Å². The molecule has 0 saturated heterocycles. The minimum Gasteiger partial charge on any atom is -0.450 e. The number of aryl methyl sites for hydroxylation is 3. The lowest BCUT2D eigenvalue weighted by atomic mass is 10.4. The Bertz CT molecular complexity index is 929. The summed E-state index contributed by atoms with van der Waals surface area (Å²) < 4.78 is 11.1. The van der Waals surface area contributed by atoms with E-state index in [0.29, 0.717) is 11.5 Å². The van der Waals surface area contributed by atoms with Crippen LogP contribution in [0.25, 0.3) is 5.78 Å². The Hall–Kier alpha value is -3.30. The number of nitrogens with one attached hydrogen (secondary N) is 1. The van der Waals surface area contributed by atoms with E-state index < -0.39 is 18.5 Å². The number of anilines is 1. The van der Waals surface area contributed by atoms with Gasteiger partial charge in [-0.05, 0) is 26.8 Å². The maximum absolute atomic E-state index is 12.0. The fourth-order valence-corrected chi connectivity index (χ4v) is 2.05. The van der Waals surface area contributed by atoms with E-state index in [1.54, 1.807) is 13.0 Å². The lowest BCUT2D eigenvalue weighted by Gasteiger charge is -2.01. The molecule has 0 aliphatic carbocycles. The molecule has 0 aliphatic rings. The van der Waals surface area contributed by atoms with Gasteiger partial charge in [0.2, 0.25) is 0 Å². The van der Waals surface area contributed by atoms with Crippen LogP contribution >= 0.6 is 0 Å². The van der Waals surface area contributed by atoms with Gasteiger partial charge in [-0.2, -0.15) is 4.98 Å². The molecule has 0 atom stereocenters. The number of nitrogens with zero attached hydrogens (tertiary/aromatic N) is 5. The molecule has 124 valence electrons. The lowest BCUT2D eigenvalue weighted by molar-refractivity contribution is -0.119. The first-order valence-corrected chi connectivity index (χ1v) is 7.03. The molecule has 0 radical (unpaired) electrons. The van der Waals surface area contributed by atoms with Crippen molar-refractivity contribution in [2.75, 3.05) is 11.9 Å². The number of aromatic nitrogens is 5. The summed E-state index contributed by atoms with van der Waals surface area (Å²) in [5, 5.41) is 10.1. The van der Waals surface area contributed by atoms with Gasteiger partial charge in [0, 0.05) is 17.5 Å². The SMILES string of the molecule is Cc1cc(C)n2nc(C(=O)OCC(=O)Nc3cc(C)on3)nc2n1. The minimum absolute atomic E-state index is 0.165. The quantitative estimate of drug-likeness (QED) is 0.697. The van der Waals surface area contributed by atoms with Crippen LogP contribution in [0.5, 0.6) is 0 Å². The Labute approximate surface area is 135 Å². The summed E-state index contributed by atoms with van der Waals surface area (Å²) >= 11 is 0. The zero-order valence-corrected chi connectivity index (χ0v) is 13.2. The lowest BCUT2D eigenvalue weighted by Crippen LogP contribution is -2.21. The number of amides is 1. The number of esters is 1. The number of rotatable bonds is 4. The molecule has 0 aromatic carbocycles. The summed E-state index contributed by atoms with van der Waals surface area (Å²) in [6.07, 6.45) is 0. The second-order valence-electron chi connectivity index (χ2n) is 5.13. The first kappa shape index (κ1) is 15.6. The summed E-state index contributed by atoms with van der Waals surface area (Å²) in [4.78, 5) is 31.9. The van der Waals surface area contributed by atoms with E-state index in [-0.39, 0.29) is 11.6 Å². The molecule has 0 unspecified atom stereocenters. The maximum atomic E-state index is 12.0. The predicted molar refractivity (Wildman–Crippen MR) is 80.4 cm³/mol. The second kappa shape index (κ2) is 6.07. The van der Waals surface area contributed by atoms with E-state index >= 15 is 0 Å². The third-order valence-corrected chi connectivity index (χ3v) is 3.03. The van der Waals surface area contributed by atoms with Gasteiger partial charge in [-0.25, -0.2) is 14.3 Å². The van der Waals surface area contributed by atoms with E-state index in [2.05, 4.69) is 25.5 Å². The fourth-order valence-electron chi connectivity index (χ4n) is 2.05.